The fourth-order valence-corrected chi connectivity index (χ4v) is 1.58. The van der Waals surface area contributed by atoms with Gasteiger partial charge in [0.1, 0.15) is 6.10 Å². The zero-order valence-corrected chi connectivity index (χ0v) is 8.10. The van der Waals surface area contributed by atoms with Crippen molar-refractivity contribution in [1.82, 2.24) is 9.99 Å². The molecular weight excluding hydrogens is 178 g/mol. The zero-order chi connectivity index (χ0) is 9.80. The molecule has 0 aromatic carbocycles. The van der Waals surface area contributed by atoms with E-state index in [1.807, 2.05) is 23.2 Å². The summed E-state index contributed by atoms with van der Waals surface area (Å²) >= 11 is 0. The molecule has 2 heterocycles. The number of aromatic nitrogens is 1. The maximum atomic E-state index is 5.71. The van der Waals surface area contributed by atoms with Crippen LogP contribution in [0.4, 0.5) is 0 Å². The molecule has 76 valence electrons. The van der Waals surface area contributed by atoms with Gasteiger partial charge in [-0.05, 0) is 18.9 Å². The number of pyridine rings is 1. The minimum atomic E-state index is 0.268. The van der Waals surface area contributed by atoms with Crippen LogP contribution in [-0.2, 0) is 0 Å². The Morgan fingerprint density at radius 1 is 1.36 bits per heavy atom. The standard InChI is InChI=1S/C10H15N3O/c11-13-7-4-9(5-8-13)14-10-3-1-2-6-12-10/h1-3,6,9H,4-5,7-8,11H2. The normalized spacial score (nSPS) is 19.5. The summed E-state index contributed by atoms with van der Waals surface area (Å²) in [5, 5.41) is 1.83. The van der Waals surface area contributed by atoms with Crippen molar-refractivity contribution in [3.8, 4) is 5.88 Å². The van der Waals surface area contributed by atoms with Crippen LogP contribution in [0.15, 0.2) is 24.4 Å². The molecule has 1 aliphatic rings. The van der Waals surface area contributed by atoms with E-state index in [1.54, 1.807) is 6.20 Å². The predicted octanol–water partition coefficient (Wildman–Crippen LogP) is 0.798. The summed E-state index contributed by atoms with van der Waals surface area (Å²) in [6.45, 7) is 1.80. The predicted molar refractivity (Wildman–Crippen MR) is 53.6 cm³/mol. The third-order valence-corrected chi connectivity index (χ3v) is 2.40. The number of hydrogen-bond acceptors (Lipinski definition) is 4. The fourth-order valence-electron chi connectivity index (χ4n) is 1.58. The average Bonchev–Trinajstić information content (AvgIpc) is 2.23. The van der Waals surface area contributed by atoms with Gasteiger partial charge in [-0.2, -0.15) is 0 Å². The second-order valence-electron chi connectivity index (χ2n) is 3.52. The molecule has 2 rings (SSSR count). The van der Waals surface area contributed by atoms with Crippen LogP contribution >= 0.6 is 0 Å². The lowest BCUT2D eigenvalue weighted by Gasteiger charge is -2.28. The molecule has 0 radical (unpaired) electrons. The van der Waals surface area contributed by atoms with E-state index in [1.165, 1.54) is 0 Å². The van der Waals surface area contributed by atoms with E-state index >= 15 is 0 Å². The van der Waals surface area contributed by atoms with Crippen molar-refractivity contribution in [2.24, 2.45) is 5.84 Å². The number of rotatable bonds is 2. The fraction of sp³-hybridized carbons (Fsp3) is 0.500. The zero-order valence-electron chi connectivity index (χ0n) is 8.10. The summed E-state index contributed by atoms with van der Waals surface area (Å²) in [5.41, 5.74) is 0. The highest BCUT2D eigenvalue weighted by atomic mass is 16.5. The van der Waals surface area contributed by atoms with Gasteiger partial charge >= 0.3 is 0 Å². The van der Waals surface area contributed by atoms with Crippen LogP contribution in [-0.4, -0.2) is 29.2 Å². The average molecular weight is 193 g/mol. The first-order chi connectivity index (χ1) is 6.84. The number of ether oxygens (including phenoxy) is 1. The molecule has 1 aliphatic heterocycles. The summed E-state index contributed by atoms with van der Waals surface area (Å²) in [4.78, 5) is 4.12. The van der Waals surface area contributed by atoms with Crippen molar-refractivity contribution in [2.45, 2.75) is 18.9 Å². The van der Waals surface area contributed by atoms with Crippen molar-refractivity contribution >= 4 is 0 Å². The molecule has 0 aliphatic carbocycles. The van der Waals surface area contributed by atoms with Gasteiger partial charge in [0.05, 0.1) is 0 Å². The Labute approximate surface area is 83.7 Å². The van der Waals surface area contributed by atoms with Gasteiger partial charge in [0, 0.05) is 25.4 Å². The largest absolute Gasteiger partial charge is 0.474 e. The quantitative estimate of drug-likeness (QED) is 0.706. The van der Waals surface area contributed by atoms with Crippen LogP contribution < -0.4 is 10.6 Å². The number of nitrogens with two attached hydrogens (primary N) is 1. The molecule has 14 heavy (non-hydrogen) atoms. The molecule has 0 bridgehead atoms. The number of hydrogen-bond donors (Lipinski definition) is 1. The number of hydrazine groups is 1. The van der Waals surface area contributed by atoms with Crippen LogP contribution in [0.25, 0.3) is 0 Å². The molecule has 4 nitrogen and oxygen atoms in total. The Bertz CT molecular complexity index is 270. The minimum Gasteiger partial charge on any atom is -0.474 e. The second-order valence-corrected chi connectivity index (χ2v) is 3.52. The molecule has 0 amide bonds. The van der Waals surface area contributed by atoms with Crippen LogP contribution in [0, 0.1) is 0 Å². The van der Waals surface area contributed by atoms with Crippen LogP contribution in [0.3, 0.4) is 0 Å². The van der Waals surface area contributed by atoms with E-state index in [0.29, 0.717) is 5.88 Å². The van der Waals surface area contributed by atoms with Gasteiger partial charge < -0.3 is 4.74 Å². The van der Waals surface area contributed by atoms with E-state index in [2.05, 4.69) is 4.98 Å². The van der Waals surface area contributed by atoms with E-state index in [9.17, 15) is 0 Å². The number of piperidine rings is 1. The highest BCUT2D eigenvalue weighted by Gasteiger charge is 2.18. The van der Waals surface area contributed by atoms with Crippen LogP contribution in [0.2, 0.25) is 0 Å². The molecule has 0 unspecified atom stereocenters. The molecule has 0 saturated carbocycles. The van der Waals surface area contributed by atoms with E-state index in [-0.39, 0.29) is 6.10 Å². The molecule has 2 N–H and O–H groups in total. The summed E-state index contributed by atoms with van der Waals surface area (Å²) in [6, 6.07) is 5.70. The van der Waals surface area contributed by atoms with E-state index < -0.39 is 0 Å². The molecule has 4 heteroatoms. The Kier molecular flexibility index (Phi) is 2.96. The van der Waals surface area contributed by atoms with Crippen LogP contribution in [0.1, 0.15) is 12.8 Å². The topological polar surface area (TPSA) is 51.4 Å². The molecule has 0 spiro atoms. The Hall–Kier alpha value is -1.13. The summed E-state index contributed by atoms with van der Waals surface area (Å²) < 4.78 is 5.71. The Morgan fingerprint density at radius 3 is 2.79 bits per heavy atom. The smallest absolute Gasteiger partial charge is 0.213 e. The van der Waals surface area contributed by atoms with Gasteiger partial charge in [0.25, 0.3) is 0 Å². The van der Waals surface area contributed by atoms with Gasteiger partial charge in [-0.25, -0.2) is 9.99 Å². The summed E-state index contributed by atoms with van der Waals surface area (Å²) in [6.07, 6.45) is 3.97. The van der Waals surface area contributed by atoms with Gasteiger partial charge in [-0.3, -0.25) is 5.84 Å². The first-order valence-electron chi connectivity index (χ1n) is 4.92. The lowest BCUT2D eigenvalue weighted by Crippen LogP contribution is -2.42. The Balaban J connectivity index is 1.87. The van der Waals surface area contributed by atoms with Gasteiger partial charge in [-0.1, -0.05) is 6.07 Å². The first kappa shape index (κ1) is 9.43. The van der Waals surface area contributed by atoms with Crippen molar-refractivity contribution in [3.63, 3.8) is 0 Å². The molecule has 1 saturated heterocycles. The van der Waals surface area contributed by atoms with Crippen molar-refractivity contribution in [1.29, 1.82) is 0 Å². The molecule has 1 aromatic heterocycles. The first-order valence-corrected chi connectivity index (χ1v) is 4.92. The molecule has 1 fully saturated rings. The van der Waals surface area contributed by atoms with Crippen molar-refractivity contribution < 1.29 is 4.74 Å². The van der Waals surface area contributed by atoms with Crippen molar-refractivity contribution in [3.05, 3.63) is 24.4 Å². The summed E-state index contributed by atoms with van der Waals surface area (Å²) in [5.74, 6) is 6.36. The Morgan fingerprint density at radius 2 is 2.14 bits per heavy atom. The van der Waals surface area contributed by atoms with Gasteiger partial charge in [0.2, 0.25) is 5.88 Å². The highest BCUT2D eigenvalue weighted by Crippen LogP contribution is 2.14. The van der Waals surface area contributed by atoms with Crippen molar-refractivity contribution in [2.75, 3.05) is 13.1 Å². The second kappa shape index (κ2) is 4.39. The van der Waals surface area contributed by atoms with Gasteiger partial charge in [-0.15, -0.1) is 0 Å². The summed E-state index contributed by atoms with van der Waals surface area (Å²) in [7, 11) is 0. The number of nitrogens with zero attached hydrogens (tertiary/aromatic N) is 2. The van der Waals surface area contributed by atoms with E-state index in [0.717, 1.165) is 25.9 Å². The third-order valence-electron chi connectivity index (χ3n) is 2.40. The molecular formula is C10H15N3O. The third kappa shape index (κ3) is 2.43. The molecule has 1 aromatic rings. The van der Waals surface area contributed by atoms with Crippen LogP contribution in [0.5, 0.6) is 5.88 Å². The van der Waals surface area contributed by atoms with E-state index in [4.69, 9.17) is 10.6 Å². The highest BCUT2D eigenvalue weighted by molar-refractivity contribution is 5.09. The maximum Gasteiger partial charge on any atom is 0.213 e. The lowest BCUT2D eigenvalue weighted by molar-refractivity contribution is 0.0973. The molecule has 0 atom stereocenters. The maximum absolute atomic E-state index is 5.71. The lowest BCUT2D eigenvalue weighted by atomic mass is 10.1. The monoisotopic (exact) mass is 193 g/mol. The SMILES string of the molecule is NN1CCC(Oc2ccccn2)CC1. The van der Waals surface area contributed by atoms with Gasteiger partial charge in [0.15, 0.2) is 0 Å². The minimum absolute atomic E-state index is 0.268.